The molecule has 0 saturated heterocycles. The van der Waals surface area contributed by atoms with Crippen molar-refractivity contribution in [3.8, 4) is 5.69 Å². The number of ether oxygens (including phenoxy) is 1. The van der Waals surface area contributed by atoms with Gasteiger partial charge in [-0.3, -0.25) is 9.36 Å². The Hall–Kier alpha value is -3.55. The van der Waals surface area contributed by atoms with E-state index in [-0.39, 0.29) is 39.4 Å². The number of thioether (sulfide) groups is 1. The maximum Gasteiger partial charge on any atom is 0.350 e. The molecule has 2 aromatic heterocycles. The fourth-order valence-corrected chi connectivity index (χ4v) is 6.40. The molecule has 0 bridgehead atoms. The van der Waals surface area contributed by atoms with E-state index in [0.29, 0.717) is 21.4 Å². The van der Waals surface area contributed by atoms with Crippen LogP contribution in [0.1, 0.15) is 40.6 Å². The summed E-state index contributed by atoms with van der Waals surface area (Å²) in [4.78, 5) is 29.7. The van der Waals surface area contributed by atoms with Gasteiger partial charge in [-0.05, 0) is 52.0 Å². The van der Waals surface area contributed by atoms with E-state index < -0.39 is 15.8 Å². The number of aryl methyl sites for hydroxylation is 2. The smallest absolute Gasteiger partial charge is 0.350 e. The van der Waals surface area contributed by atoms with Gasteiger partial charge in [-0.2, -0.15) is 0 Å². The molecular weight excluding hydrogens is 559 g/mol. The molecule has 10 nitrogen and oxygen atoms in total. The van der Waals surface area contributed by atoms with Gasteiger partial charge in [-0.25, -0.2) is 18.2 Å². The van der Waals surface area contributed by atoms with Gasteiger partial charge in [0, 0.05) is 5.69 Å². The molecule has 1 amide bonds. The number of aromatic nitrogens is 4. The number of nitrogens with zero attached hydrogens (tertiary/aromatic N) is 4. The first-order valence-corrected chi connectivity index (χ1v) is 15.4. The quantitative estimate of drug-likeness (QED) is 0.209. The van der Waals surface area contributed by atoms with E-state index in [1.165, 1.54) is 0 Å². The second-order valence-electron chi connectivity index (χ2n) is 8.87. The molecule has 4 rings (SSSR count). The van der Waals surface area contributed by atoms with Crippen LogP contribution in [0.15, 0.2) is 64.6 Å². The normalized spacial score (nSPS) is 11.5. The topological polar surface area (TPSA) is 133 Å². The second-order valence-corrected chi connectivity index (χ2v) is 12.8. The Morgan fingerprint density at radius 1 is 1.05 bits per heavy atom. The summed E-state index contributed by atoms with van der Waals surface area (Å²) in [6.07, 6.45) is -0.271. The number of sulfone groups is 1. The van der Waals surface area contributed by atoms with Crippen LogP contribution in [0.25, 0.3) is 5.69 Å². The van der Waals surface area contributed by atoms with Gasteiger partial charge in [0.05, 0.1) is 22.4 Å². The minimum Gasteiger partial charge on any atom is -0.459 e. The molecule has 0 fully saturated rings. The molecule has 39 heavy (non-hydrogen) atoms. The summed E-state index contributed by atoms with van der Waals surface area (Å²) in [7, 11) is -3.69. The minimum atomic E-state index is -3.69. The lowest BCUT2D eigenvalue weighted by atomic mass is 10.2. The monoisotopic (exact) mass is 585 g/mol. The first-order chi connectivity index (χ1) is 18.5. The van der Waals surface area contributed by atoms with Gasteiger partial charge >= 0.3 is 5.97 Å². The number of hydrogen-bond donors (Lipinski definition) is 1. The molecular formula is C26H27N5O5S3. The third-order valence-electron chi connectivity index (χ3n) is 5.32. The zero-order valence-corrected chi connectivity index (χ0v) is 24.2. The Morgan fingerprint density at radius 3 is 2.41 bits per heavy atom. The van der Waals surface area contributed by atoms with Gasteiger partial charge in [0.15, 0.2) is 25.9 Å². The summed E-state index contributed by atoms with van der Waals surface area (Å²) in [5, 5.41) is 11.7. The van der Waals surface area contributed by atoms with Crippen molar-refractivity contribution in [2.24, 2.45) is 0 Å². The van der Waals surface area contributed by atoms with Crippen LogP contribution in [-0.4, -0.2) is 51.9 Å². The molecule has 13 heteroatoms. The van der Waals surface area contributed by atoms with Gasteiger partial charge in [0.2, 0.25) is 5.91 Å². The third kappa shape index (κ3) is 7.11. The summed E-state index contributed by atoms with van der Waals surface area (Å²) in [5.74, 6) is -1.03. The fourth-order valence-electron chi connectivity index (χ4n) is 3.51. The van der Waals surface area contributed by atoms with E-state index in [1.807, 2.05) is 37.3 Å². The predicted molar refractivity (Wildman–Crippen MR) is 150 cm³/mol. The van der Waals surface area contributed by atoms with E-state index in [2.05, 4.69) is 20.5 Å². The molecule has 204 valence electrons. The number of nitrogens with one attached hydrogen (secondary N) is 1. The predicted octanol–water partition coefficient (Wildman–Crippen LogP) is 4.61. The molecule has 4 aromatic rings. The molecule has 0 aliphatic rings. The van der Waals surface area contributed by atoms with E-state index >= 15 is 0 Å². The van der Waals surface area contributed by atoms with Crippen LogP contribution in [0.5, 0.6) is 0 Å². The Kier molecular flexibility index (Phi) is 8.83. The average molecular weight is 586 g/mol. The highest BCUT2D eigenvalue weighted by Crippen LogP contribution is 2.27. The standard InChI is InChI=1S/C26H27N5O5S3/c1-16(2)36-24(33)23-18(4)27-25(38-23)28-22(32)14-37-26-30-29-21(31(26)19-8-6-5-7-9-19)15-39(34,35)20-12-10-17(3)11-13-20/h5-13,16H,14-15H2,1-4H3,(H,27,28,32). The van der Waals surface area contributed by atoms with Crippen LogP contribution in [-0.2, 0) is 25.1 Å². The number of para-hydroxylation sites is 1. The highest BCUT2D eigenvalue weighted by Gasteiger charge is 2.24. The van der Waals surface area contributed by atoms with Crippen LogP contribution in [0.3, 0.4) is 0 Å². The summed E-state index contributed by atoms with van der Waals surface area (Å²) >= 11 is 2.15. The summed E-state index contributed by atoms with van der Waals surface area (Å²) in [6.45, 7) is 7.07. The van der Waals surface area contributed by atoms with Crippen molar-refractivity contribution in [2.75, 3.05) is 11.1 Å². The van der Waals surface area contributed by atoms with Gasteiger partial charge in [0.1, 0.15) is 10.6 Å². The number of amides is 1. The van der Waals surface area contributed by atoms with Gasteiger partial charge in [0.25, 0.3) is 0 Å². The molecule has 0 unspecified atom stereocenters. The molecule has 0 spiro atoms. The third-order valence-corrected chi connectivity index (χ3v) is 8.93. The van der Waals surface area contributed by atoms with E-state index in [9.17, 15) is 18.0 Å². The lowest BCUT2D eigenvalue weighted by molar-refractivity contribution is -0.113. The van der Waals surface area contributed by atoms with Crippen molar-refractivity contribution < 1.29 is 22.7 Å². The maximum absolute atomic E-state index is 13.1. The van der Waals surface area contributed by atoms with Gasteiger partial charge in [-0.1, -0.05) is 59.0 Å². The Bertz CT molecular complexity index is 1580. The van der Waals surface area contributed by atoms with Crippen LogP contribution < -0.4 is 5.32 Å². The van der Waals surface area contributed by atoms with E-state index in [1.54, 1.807) is 49.6 Å². The lowest BCUT2D eigenvalue weighted by Crippen LogP contribution is -2.15. The Balaban J connectivity index is 1.51. The van der Waals surface area contributed by atoms with Crippen molar-refractivity contribution in [3.05, 3.63) is 76.6 Å². The zero-order chi connectivity index (χ0) is 28.2. The van der Waals surface area contributed by atoms with Crippen molar-refractivity contribution in [1.82, 2.24) is 19.7 Å². The number of thiazole rings is 1. The van der Waals surface area contributed by atoms with Crippen LogP contribution in [0.4, 0.5) is 5.13 Å². The molecule has 0 radical (unpaired) electrons. The largest absolute Gasteiger partial charge is 0.459 e. The number of esters is 1. The number of benzene rings is 2. The molecule has 2 heterocycles. The van der Waals surface area contributed by atoms with Crippen LogP contribution in [0, 0.1) is 13.8 Å². The van der Waals surface area contributed by atoms with Crippen molar-refractivity contribution in [2.45, 2.75) is 49.6 Å². The fraction of sp³-hybridized carbons (Fsp3) is 0.269. The minimum absolute atomic E-state index is 0.0416. The lowest BCUT2D eigenvalue weighted by Gasteiger charge is -2.11. The van der Waals surface area contributed by atoms with Crippen LogP contribution >= 0.6 is 23.1 Å². The summed E-state index contributed by atoms with van der Waals surface area (Å²) in [6, 6.07) is 15.7. The average Bonchev–Trinajstić information content (AvgIpc) is 3.45. The molecule has 0 aliphatic heterocycles. The SMILES string of the molecule is Cc1ccc(S(=O)(=O)Cc2nnc(SCC(=O)Nc3nc(C)c(C(=O)OC(C)C)s3)n2-c2ccccc2)cc1. The summed E-state index contributed by atoms with van der Waals surface area (Å²) in [5.41, 5.74) is 2.10. The highest BCUT2D eigenvalue weighted by molar-refractivity contribution is 7.99. The number of rotatable bonds is 10. The van der Waals surface area contributed by atoms with Crippen molar-refractivity contribution in [3.63, 3.8) is 0 Å². The zero-order valence-electron chi connectivity index (χ0n) is 21.7. The summed E-state index contributed by atoms with van der Waals surface area (Å²) < 4.78 is 33.1. The molecule has 0 saturated carbocycles. The van der Waals surface area contributed by atoms with Crippen molar-refractivity contribution in [1.29, 1.82) is 0 Å². The molecule has 1 N–H and O–H groups in total. The molecule has 0 aliphatic carbocycles. The van der Waals surface area contributed by atoms with Crippen molar-refractivity contribution >= 4 is 49.9 Å². The maximum atomic E-state index is 13.1. The first-order valence-electron chi connectivity index (χ1n) is 11.9. The first kappa shape index (κ1) is 28.5. The molecule has 0 atom stereocenters. The second kappa shape index (κ2) is 12.1. The van der Waals surface area contributed by atoms with Crippen LogP contribution in [0.2, 0.25) is 0 Å². The Labute approximate surface area is 234 Å². The highest BCUT2D eigenvalue weighted by atomic mass is 32.2. The Morgan fingerprint density at radius 2 is 1.74 bits per heavy atom. The number of anilines is 1. The van der Waals surface area contributed by atoms with Gasteiger partial charge < -0.3 is 10.1 Å². The van der Waals surface area contributed by atoms with E-state index in [4.69, 9.17) is 4.74 Å². The number of carbonyl (C=O) groups excluding carboxylic acids is 2. The molecule has 2 aromatic carbocycles. The van der Waals surface area contributed by atoms with Gasteiger partial charge in [-0.15, -0.1) is 10.2 Å². The van der Waals surface area contributed by atoms with E-state index in [0.717, 1.165) is 28.7 Å². The number of carbonyl (C=O) groups is 2. The number of hydrogen-bond acceptors (Lipinski definition) is 10.